The largest absolute Gasteiger partial charge is 0.372 e. The second-order valence-electron chi connectivity index (χ2n) is 4.66. The molecule has 1 fully saturated rings. The fourth-order valence-corrected chi connectivity index (χ4v) is 2.10. The minimum absolute atomic E-state index is 0.00123. The van der Waals surface area contributed by atoms with Gasteiger partial charge in [0.15, 0.2) is 5.78 Å². The van der Waals surface area contributed by atoms with E-state index in [2.05, 4.69) is 13.8 Å². The van der Waals surface area contributed by atoms with Crippen molar-refractivity contribution in [3.63, 3.8) is 0 Å². The van der Waals surface area contributed by atoms with Crippen molar-refractivity contribution >= 4 is 5.78 Å². The first-order valence-electron chi connectivity index (χ1n) is 6.40. The van der Waals surface area contributed by atoms with Crippen LogP contribution in [-0.2, 0) is 14.3 Å². The molecule has 3 nitrogen and oxygen atoms in total. The van der Waals surface area contributed by atoms with E-state index in [1.165, 1.54) is 25.7 Å². The van der Waals surface area contributed by atoms with Crippen LogP contribution in [0.4, 0.5) is 0 Å². The molecule has 0 radical (unpaired) electrons. The summed E-state index contributed by atoms with van der Waals surface area (Å²) in [7, 11) is 1.57. The van der Waals surface area contributed by atoms with Gasteiger partial charge in [-0.05, 0) is 13.3 Å². The van der Waals surface area contributed by atoms with E-state index in [0.717, 1.165) is 6.42 Å². The average molecular weight is 228 g/mol. The predicted molar refractivity (Wildman–Crippen MR) is 63.5 cm³/mol. The Hall–Kier alpha value is -0.410. The molecular weight excluding hydrogens is 204 g/mol. The second kappa shape index (κ2) is 7.02. The van der Waals surface area contributed by atoms with Gasteiger partial charge >= 0.3 is 0 Å². The van der Waals surface area contributed by atoms with E-state index in [-0.39, 0.29) is 24.1 Å². The number of ether oxygens (including phenoxy) is 2. The summed E-state index contributed by atoms with van der Waals surface area (Å²) >= 11 is 0. The van der Waals surface area contributed by atoms with Crippen LogP contribution in [-0.4, -0.2) is 31.2 Å². The zero-order valence-corrected chi connectivity index (χ0v) is 10.7. The Morgan fingerprint density at radius 1 is 1.38 bits per heavy atom. The molecule has 0 aromatic heterocycles. The molecule has 94 valence electrons. The lowest BCUT2D eigenvalue weighted by atomic mass is 9.89. The van der Waals surface area contributed by atoms with Gasteiger partial charge in [-0.25, -0.2) is 0 Å². The van der Waals surface area contributed by atoms with Gasteiger partial charge in [0.1, 0.15) is 6.10 Å². The first-order chi connectivity index (χ1) is 7.69. The molecule has 0 aromatic rings. The van der Waals surface area contributed by atoms with Crippen LogP contribution < -0.4 is 0 Å². The maximum atomic E-state index is 11.1. The Morgan fingerprint density at radius 2 is 2.12 bits per heavy atom. The van der Waals surface area contributed by atoms with Crippen LogP contribution in [0, 0.1) is 0 Å². The molecule has 3 heteroatoms. The molecule has 0 heterocycles. The highest BCUT2D eigenvalue weighted by molar-refractivity contribution is 5.90. The smallest absolute Gasteiger partial charge is 0.166 e. The van der Waals surface area contributed by atoms with Crippen molar-refractivity contribution in [1.29, 1.82) is 0 Å². The van der Waals surface area contributed by atoms with Crippen molar-refractivity contribution in [3.8, 4) is 0 Å². The Bertz CT molecular complexity index is 215. The van der Waals surface area contributed by atoms with Crippen LogP contribution in [0.1, 0.15) is 52.4 Å². The van der Waals surface area contributed by atoms with Crippen molar-refractivity contribution in [2.24, 2.45) is 0 Å². The molecule has 1 aliphatic carbocycles. The topological polar surface area (TPSA) is 35.5 Å². The molecule has 0 amide bonds. The molecule has 0 aliphatic heterocycles. The van der Waals surface area contributed by atoms with E-state index in [0.29, 0.717) is 6.42 Å². The number of Topliss-reactive ketones (excluding diaryl/α,β-unsaturated/α-hetero) is 1. The zero-order chi connectivity index (χ0) is 12.0. The standard InChI is InChI=1S/C13H24O3/c1-4-5-6-7-8-10(2)16-12-9-11(14)13(12)15-3/h10,12-13H,4-9H2,1-3H3. The van der Waals surface area contributed by atoms with E-state index in [9.17, 15) is 4.79 Å². The molecule has 16 heavy (non-hydrogen) atoms. The van der Waals surface area contributed by atoms with Gasteiger partial charge in [0, 0.05) is 13.5 Å². The molecular formula is C13H24O3. The average Bonchev–Trinajstić information content (AvgIpc) is 2.24. The fourth-order valence-electron chi connectivity index (χ4n) is 2.10. The summed E-state index contributed by atoms with van der Waals surface area (Å²) in [6.07, 6.45) is 6.60. The summed E-state index contributed by atoms with van der Waals surface area (Å²) in [5.74, 6) is 0.172. The fraction of sp³-hybridized carbons (Fsp3) is 0.923. The quantitative estimate of drug-likeness (QED) is 0.599. The van der Waals surface area contributed by atoms with Gasteiger partial charge in [0.2, 0.25) is 0 Å². The molecule has 1 rings (SSSR count). The van der Waals surface area contributed by atoms with Crippen LogP contribution in [0.15, 0.2) is 0 Å². The Labute approximate surface area is 98.5 Å². The number of hydrogen-bond acceptors (Lipinski definition) is 3. The van der Waals surface area contributed by atoms with E-state index in [1.54, 1.807) is 7.11 Å². The highest BCUT2D eigenvalue weighted by Gasteiger charge is 2.41. The van der Waals surface area contributed by atoms with Crippen LogP contribution in [0.5, 0.6) is 0 Å². The summed E-state index contributed by atoms with van der Waals surface area (Å²) in [6, 6.07) is 0. The van der Waals surface area contributed by atoms with Gasteiger partial charge in [0.05, 0.1) is 12.2 Å². The summed E-state index contributed by atoms with van der Waals surface area (Å²) in [4.78, 5) is 11.1. The van der Waals surface area contributed by atoms with Crippen molar-refractivity contribution in [3.05, 3.63) is 0 Å². The molecule has 0 saturated heterocycles. The lowest BCUT2D eigenvalue weighted by molar-refractivity contribution is -0.168. The Morgan fingerprint density at radius 3 is 2.69 bits per heavy atom. The molecule has 0 aromatic carbocycles. The number of ketones is 1. The number of unbranched alkanes of at least 4 members (excludes halogenated alkanes) is 3. The number of carbonyl (C=O) groups excluding carboxylic acids is 1. The summed E-state index contributed by atoms with van der Waals surface area (Å²) in [5.41, 5.74) is 0. The van der Waals surface area contributed by atoms with Crippen molar-refractivity contribution in [2.75, 3.05) is 7.11 Å². The van der Waals surface area contributed by atoms with E-state index >= 15 is 0 Å². The highest BCUT2D eigenvalue weighted by atomic mass is 16.5. The van der Waals surface area contributed by atoms with Gasteiger partial charge in [-0.15, -0.1) is 0 Å². The summed E-state index contributed by atoms with van der Waals surface area (Å²) < 4.78 is 10.9. The highest BCUT2D eigenvalue weighted by Crippen LogP contribution is 2.24. The summed E-state index contributed by atoms with van der Waals surface area (Å²) in [5, 5.41) is 0. The number of hydrogen-bond donors (Lipinski definition) is 0. The SMILES string of the molecule is CCCCCCC(C)OC1CC(=O)C1OC. The Kier molecular flexibility index (Phi) is 5.99. The molecule has 3 unspecified atom stereocenters. The van der Waals surface area contributed by atoms with E-state index in [1.807, 2.05) is 0 Å². The third kappa shape index (κ3) is 3.87. The third-order valence-corrected chi connectivity index (χ3v) is 3.18. The molecule has 0 N–H and O–H groups in total. The number of carbonyl (C=O) groups is 1. The first kappa shape index (κ1) is 13.7. The number of rotatable bonds is 8. The summed E-state index contributed by atoms with van der Waals surface area (Å²) in [6.45, 7) is 4.30. The van der Waals surface area contributed by atoms with Crippen LogP contribution in [0.25, 0.3) is 0 Å². The van der Waals surface area contributed by atoms with Gasteiger partial charge in [-0.1, -0.05) is 32.6 Å². The van der Waals surface area contributed by atoms with E-state index in [4.69, 9.17) is 9.47 Å². The van der Waals surface area contributed by atoms with Gasteiger partial charge < -0.3 is 9.47 Å². The van der Waals surface area contributed by atoms with Crippen molar-refractivity contribution < 1.29 is 14.3 Å². The minimum atomic E-state index is -0.307. The van der Waals surface area contributed by atoms with E-state index < -0.39 is 0 Å². The van der Waals surface area contributed by atoms with Crippen LogP contribution in [0.2, 0.25) is 0 Å². The Balaban J connectivity index is 2.10. The van der Waals surface area contributed by atoms with Gasteiger partial charge in [-0.2, -0.15) is 0 Å². The number of methoxy groups -OCH3 is 1. The predicted octanol–water partition coefficient (Wildman–Crippen LogP) is 2.72. The molecule has 3 atom stereocenters. The molecule has 0 spiro atoms. The lowest BCUT2D eigenvalue weighted by Gasteiger charge is -2.35. The van der Waals surface area contributed by atoms with Crippen LogP contribution >= 0.6 is 0 Å². The maximum absolute atomic E-state index is 11.1. The maximum Gasteiger partial charge on any atom is 0.166 e. The lowest BCUT2D eigenvalue weighted by Crippen LogP contribution is -2.51. The van der Waals surface area contributed by atoms with Crippen molar-refractivity contribution in [1.82, 2.24) is 0 Å². The third-order valence-electron chi connectivity index (χ3n) is 3.18. The molecule has 1 saturated carbocycles. The van der Waals surface area contributed by atoms with Crippen molar-refractivity contribution in [2.45, 2.75) is 70.7 Å². The second-order valence-corrected chi connectivity index (χ2v) is 4.66. The van der Waals surface area contributed by atoms with Crippen LogP contribution in [0.3, 0.4) is 0 Å². The molecule has 1 aliphatic rings. The van der Waals surface area contributed by atoms with Gasteiger partial charge in [-0.3, -0.25) is 4.79 Å². The molecule has 0 bridgehead atoms. The first-order valence-corrected chi connectivity index (χ1v) is 6.40. The zero-order valence-electron chi connectivity index (χ0n) is 10.7. The van der Waals surface area contributed by atoms with Gasteiger partial charge in [0.25, 0.3) is 0 Å². The normalized spacial score (nSPS) is 26.6. The minimum Gasteiger partial charge on any atom is -0.372 e. The monoisotopic (exact) mass is 228 g/mol.